The summed E-state index contributed by atoms with van der Waals surface area (Å²) in [4.78, 5) is 0. The first-order chi connectivity index (χ1) is 9.06. The van der Waals surface area contributed by atoms with Gasteiger partial charge in [0.1, 0.15) is 0 Å². The van der Waals surface area contributed by atoms with E-state index in [1.165, 1.54) is 5.56 Å². The highest BCUT2D eigenvalue weighted by Gasteiger charge is 2.04. The molecule has 1 aromatic rings. The van der Waals surface area contributed by atoms with Crippen LogP contribution in [0.1, 0.15) is 19.4 Å². The van der Waals surface area contributed by atoms with Crippen LogP contribution in [0.15, 0.2) is 18.2 Å². The summed E-state index contributed by atoms with van der Waals surface area (Å²) in [5.41, 5.74) is 1.18. The predicted octanol–water partition coefficient (Wildman–Crippen LogP) is 2.12. The molecule has 1 aromatic carbocycles. The topological polar surface area (TPSA) is 42.5 Å². The summed E-state index contributed by atoms with van der Waals surface area (Å²) in [6.45, 7) is 4.90. The molecule has 0 heterocycles. The van der Waals surface area contributed by atoms with Crippen molar-refractivity contribution >= 4 is 17.3 Å². The molecule has 0 aliphatic heterocycles. The third kappa shape index (κ3) is 5.34. The SMILES string of the molecule is COc1ccc(CCNC(=S)NC(C)C)cc1OC. The number of ether oxygens (including phenoxy) is 2. The lowest BCUT2D eigenvalue weighted by Gasteiger charge is -2.13. The summed E-state index contributed by atoms with van der Waals surface area (Å²) >= 11 is 5.17. The fourth-order valence-corrected chi connectivity index (χ4v) is 2.01. The summed E-state index contributed by atoms with van der Waals surface area (Å²) in [6, 6.07) is 6.28. The number of rotatable bonds is 6. The lowest BCUT2D eigenvalue weighted by molar-refractivity contribution is 0.354. The van der Waals surface area contributed by atoms with Crippen molar-refractivity contribution in [1.82, 2.24) is 10.6 Å². The number of nitrogens with one attached hydrogen (secondary N) is 2. The normalized spacial score (nSPS) is 10.2. The Labute approximate surface area is 120 Å². The van der Waals surface area contributed by atoms with E-state index in [9.17, 15) is 0 Å². The van der Waals surface area contributed by atoms with Gasteiger partial charge in [-0.15, -0.1) is 0 Å². The second-order valence-electron chi connectivity index (χ2n) is 4.49. The van der Waals surface area contributed by atoms with Gasteiger partial charge >= 0.3 is 0 Å². The first-order valence-corrected chi connectivity index (χ1v) is 6.73. The minimum atomic E-state index is 0.348. The molecule has 0 radical (unpaired) electrons. The summed E-state index contributed by atoms with van der Waals surface area (Å²) in [6.07, 6.45) is 0.875. The van der Waals surface area contributed by atoms with Crippen molar-refractivity contribution in [2.75, 3.05) is 20.8 Å². The summed E-state index contributed by atoms with van der Waals surface area (Å²) < 4.78 is 10.5. The Morgan fingerprint density at radius 2 is 1.89 bits per heavy atom. The van der Waals surface area contributed by atoms with Crippen molar-refractivity contribution in [3.8, 4) is 11.5 Å². The molecule has 1 rings (SSSR count). The quantitative estimate of drug-likeness (QED) is 0.782. The van der Waals surface area contributed by atoms with Crippen LogP contribution in [0, 0.1) is 0 Å². The average molecular weight is 282 g/mol. The van der Waals surface area contributed by atoms with Gasteiger partial charge in [-0.1, -0.05) is 6.07 Å². The van der Waals surface area contributed by atoms with Crippen LogP contribution in [0.3, 0.4) is 0 Å². The standard InChI is InChI=1S/C14H22N2O2S/c1-10(2)16-14(19)15-8-7-11-5-6-12(17-3)13(9-11)18-4/h5-6,9-10H,7-8H2,1-4H3,(H2,15,16,19). The molecule has 0 aliphatic rings. The second kappa shape index (κ2) is 7.84. The van der Waals surface area contributed by atoms with Gasteiger partial charge in [-0.2, -0.15) is 0 Å². The molecule has 2 N–H and O–H groups in total. The molecule has 0 aromatic heterocycles. The molecule has 5 heteroatoms. The van der Waals surface area contributed by atoms with Gasteiger partial charge in [0.25, 0.3) is 0 Å². The average Bonchev–Trinajstić information content (AvgIpc) is 2.37. The Morgan fingerprint density at radius 3 is 2.47 bits per heavy atom. The molecular formula is C14H22N2O2S. The van der Waals surface area contributed by atoms with Gasteiger partial charge in [-0.25, -0.2) is 0 Å². The minimum absolute atomic E-state index is 0.348. The van der Waals surface area contributed by atoms with Crippen LogP contribution in [0.4, 0.5) is 0 Å². The van der Waals surface area contributed by atoms with Crippen molar-refractivity contribution in [3.63, 3.8) is 0 Å². The Hall–Kier alpha value is -1.49. The van der Waals surface area contributed by atoms with Crippen LogP contribution in [0.5, 0.6) is 11.5 Å². The summed E-state index contributed by atoms with van der Waals surface area (Å²) in [7, 11) is 3.27. The van der Waals surface area contributed by atoms with Crippen molar-refractivity contribution < 1.29 is 9.47 Å². The lowest BCUT2D eigenvalue weighted by Crippen LogP contribution is -2.40. The number of benzene rings is 1. The molecule has 0 bridgehead atoms. The largest absolute Gasteiger partial charge is 0.493 e. The molecule has 0 atom stereocenters. The fraction of sp³-hybridized carbons (Fsp3) is 0.500. The van der Waals surface area contributed by atoms with Gasteiger partial charge in [-0.05, 0) is 50.2 Å². The highest BCUT2D eigenvalue weighted by molar-refractivity contribution is 7.80. The van der Waals surface area contributed by atoms with E-state index in [-0.39, 0.29) is 0 Å². The Balaban J connectivity index is 2.47. The second-order valence-corrected chi connectivity index (χ2v) is 4.90. The molecule has 0 fully saturated rings. The lowest BCUT2D eigenvalue weighted by atomic mass is 10.1. The molecule has 0 saturated heterocycles. The molecule has 4 nitrogen and oxygen atoms in total. The zero-order valence-corrected chi connectivity index (χ0v) is 12.8. The van der Waals surface area contributed by atoms with Crippen molar-refractivity contribution in [3.05, 3.63) is 23.8 Å². The molecule has 0 amide bonds. The number of hydrogen-bond donors (Lipinski definition) is 2. The zero-order valence-electron chi connectivity index (χ0n) is 11.9. The smallest absolute Gasteiger partial charge is 0.166 e. The van der Waals surface area contributed by atoms with Gasteiger partial charge in [-0.3, -0.25) is 0 Å². The summed E-state index contributed by atoms with van der Waals surface area (Å²) in [5.74, 6) is 1.50. The monoisotopic (exact) mass is 282 g/mol. The van der Waals surface area contributed by atoms with Crippen LogP contribution < -0.4 is 20.1 Å². The van der Waals surface area contributed by atoms with E-state index in [1.54, 1.807) is 14.2 Å². The molecule has 0 aliphatic carbocycles. The van der Waals surface area contributed by atoms with E-state index in [1.807, 2.05) is 18.2 Å². The maximum absolute atomic E-state index is 5.27. The van der Waals surface area contributed by atoms with E-state index in [4.69, 9.17) is 21.7 Å². The maximum Gasteiger partial charge on any atom is 0.166 e. The van der Waals surface area contributed by atoms with Crippen molar-refractivity contribution in [2.24, 2.45) is 0 Å². The van der Waals surface area contributed by atoms with Gasteiger partial charge < -0.3 is 20.1 Å². The Kier molecular flexibility index (Phi) is 6.42. The summed E-state index contributed by atoms with van der Waals surface area (Å²) in [5, 5.41) is 7.01. The van der Waals surface area contributed by atoms with Gasteiger partial charge in [0.05, 0.1) is 14.2 Å². The van der Waals surface area contributed by atoms with Crippen molar-refractivity contribution in [1.29, 1.82) is 0 Å². The zero-order chi connectivity index (χ0) is 14.3. The highest BCUT2D eigenvalue weighted by atomic mass is 32.1. The molecule has 106 valence electrons. The van der Waals surface area contributed by atoms with Gasteiger partial charge in [0.15, 0.2) is 16.6 Å². The highest BCUT2D eigenvalue weighted by Crippen LogP contribution is 2.27. The minimum Gasteiger partial charge on any atom is -0.493 e. The van der Waals surface area contributed by atoms with Crippen LogP contribution in [-0.4, -0.2) is 31.9 Å². The predicted molar refractivity (Wildman–Crippen MR) is 82.1 cm³/mol. The van der Waals surface area contributed by atoms with Crippen LogP contribution in [-0.2, 0) is 6.42 Å². The van der Waals surface area contributed by atoms with Crippen LogP contribution in [0.25, 0.3) is 0 Å². The fourth-order valence-electron chi connectivity index (χ4n) is 1.67. The first-order valence-electron chi connectivity index (χ1n) is 6.32. The number of hydrogen-bond acceptors (Lipinski definition) is 3. The van der Waals surface area contributed by atoms with Crippen LogP contribution >= 0.6 is 12.2 Å². The number of thiocarbonyl (C=S) groups is 1. The van der Waals surface area contributed by atoms with Crippen LogP contribution in [0.2, 0.25) is 0 Å². The Morgan fingerprint density at radius 1 is 1.21 bits per heavy atom. The number of methoxy groups -OCH3 is 2. The molecule has 0 spiro atoms. The Bertz CT molecular complexity index is 422. The van der Waals surface area contributed by atoms with E-state index in [0.717, 1.165) is 24.5 Å². The van der Waals surface area contributed by atoms with Crippen molar-refractivity contribution in [2.45, 2.75) is 26.3 Å². The maximum atomic E-state index is 5.27. The van der Waals surface area contributed by atoms with Gasteiger partial charge in [0.2, 0.25) is 0 Å². The van der Waals surface area contributed by atoms with E-state index >= 15 is 0 Å². The molecule has 0 saturated carbocycles. The van der Waals surface area contributed by atoms with E-state index in [2.05, 4.69) is 24.5 Å². The molecule has 19 heavy (non-hydrogen) atoms. The van der Waals surface area contributed by atoms with Gasteiger partial charge in [0, 0.05) is 12.6 Å². The molecule has 0 unspecified atom stereocenters. The molecular weight excluding hydrogens is 260 g/mol. The first kappa shape index (κ1) is 15.6. The van der Waals surface area contributed by atoms with E-state index in [0.29, 0.717) is 11.2 Å². The third-order valence-electron chi connectivity index (χ3n) is 2.57. The van der Waals surface area contributed by atoms with E-state index < -0.39 is 0 Å². The third-order valence-corrected chi connectivity index (χ3v) is 2.83.